The van der Waals surface area contributed by atoms with Gasteiger partial charge in [0.1, 0.15) is 11.6 Å². The third-order valence-electron chi connectivity index (χ3n) is 3.13. The number of aromatic nitrogens is 4. The number of ether oxygens (including phenoxy) is 1. The number of hydrogen-bond acceptors (Lipinski definition) is 10. The van der Waals surface area contributed by atoms with Crippen molar-refractivity contribution >= 4 is 29.6 Å². The van der Waals surface area contributed by atoms with Gasteiger partial charge in [-0.05, 0) is 40.9 Å². The smallest absolute Gasteiger partial charge is 0.408 e. The molecule has 0 aliphatic carbocycles. The Bertz CT molecular complexity index is 743. The Morgan fingerprint density at radius 3 is 2.19 bits per heavy atom. The number of rotatable bonds is 8. The number of carbonyl (C=O) groups is 1. The Hall–Kier alpha value is -1.75. The molecule has 0 aliphatic heterocycles. The van der Waals surface area contributed by atoms with E-state index in [1.165, 1.54) is 0 Å². The van der Waals surface area contributed by atoms with Crippen LogP contribution in [-0.2, 0) is 4.74 Å². The molecule has 0 fully saturated rings. The van der Waals surface area contributed by atoms with Crippen LogP contribution in [0.2, 0.25) is 0 Å². The summed E-state index contributed by atoms with van der Waals surface area (Å²) < 4.78 is 15.9. The van der Waals surface area contributed by atoms with Crippen LogP contribution in [0, 0.1) is 13.8 Å². The summed E-state index contributed by atoms with van der Waals surface area (Å²) in [5.41, 5.74) is -0.602. The first-order valence-corrected chi connectivity index (χ1v) is 10.8. The number of carbonyl (C=O) groups excluding carboxylic acids is 1. The number of hydrogen-bond donors (Lipinski definition) is 1. The van der Waals surface area contributed by atoms with E-state index in [0.29, 0.717) is 29.2 Å². The molecule has 2 aromatic heterocycles. The van der Waals surface area contributed by atoms with E-state index in [9.17, 15) is 4.79 Å². The standard InChI is InChI=1S/C16H25N5O4S2/c1-9-17-13(24-20-9)11(19-15(22)23-16(3,4)5)7-27-12(8-26-6)14-18-10(2)21-25-14/h11-12H,7-8H2,1-6H3,(H,19,22)/t11-,12+/m0/s1. The maximum Gasteiger partial charge on any atom is 0.408 e. The summed E-state index contributed by atoms with van der Waals surface area (Å²) in [6.45, 7) is 8.92. The first-order chi connectivity index (χ1) is 12.7. The number of aryl methyl sites for hydroxylation is 2. The Morgan fingerprint density at radius 2 is 1.70 bits per heavy atom. The average Bonchev–Trinajstić information content (AvgIpc) is 3.17. The molecular formula is C16H25N5O4S2. The molecule has 2 rings (SSSR count). The van der Waals surface area contributed by atoms with Gasteiger partial charge in [0.05, 0.1) is 5.25 Å². The monoisotopic (exact) mass is 415 g/mol. The summed E-state index contributed by atoms with van der Waals surface area (Å²) in [7, 11) is 0. The van der Waals surface area contributed by atoms with Gasteiger partial charge in [-0.15, -0.1) is 11.8 Å². The van der Waals surface area contributed by atoms with E-state index < -0.39 is 17.7 Å². The van der Waals surface area contributed by atoms with Crippen LogP contribution < -0.4 is 5.32 Å². The SMILES string of the molecule is CSC[C@@H](SC[C@H](NC(=O)OC(C)(C)C)c1nc(C)no1)c1nc(C)no1. The Labute approximate surface area is 166 Å². The van der Waals surface area contributed by atoms with Gasteiger partial charge in [-0.1, -0.05) is 10.3 Å². The van der Waals surface area contributed by atoms with Crippen LogP contribution in [0.3, 0.4) is 0 Å². The maximum atomic E-state index is 12.2. The van der Waals surface area contributed by atoms with Crippen LogP contribution in [0.25, 0.3) is 0 Å². The van der Waals surface area contributed by atoms with Gasteiger partial charge in [0.25, 0.3) is 0 Å². The Morgan fingerprint density at radius 1 is 1.11 bits per heavy atom. The molecule has 2 heterocycles. The molecule has 0 bridgehead atoms. The molecule has 1 N–H and O–H groups in total. The van der Waals surface area contributed by atoms with Crippen LogP contribution in [0.15, 0.2) is 9.05 Å². The lowest BCUT2D eigenvalue weighted by Gasteiger charge is -2.22. The number of thioether (sulfide) groups is 2. The Kier molecular flexibility index (Phi) is 7.54. The highest BCUT2D eigenvalue weighted by Gasteiger charge is 2.27. The van der Waals surface area contributed by atoms with Gasteiger partial charge in [0.2, 0.25) is 11.8 Å². The van der Waals surface area contributed by atoms with Crippen molar-refractivity contribution < 1.29 is 18.6 Å². The minimum Gasteiger partial charge on any atom is -0.444 e. The third kappa shape index (κ3) is 7.06. The summed E-state index contributed by atoms with van der Waals surface area (Å²) in [6.07, 6.45) is 1.47. The van der Waals surface area contributed by atoms with Crippen molar-refractivity contribution in [2.45, 2.75) is 51.5 Å². The first-order valence-electron chi connectivity index (χ1n) is 8.38. The minimum atomic E-state index is -0.602. The lowest BCUT2D eigenvalue weighted by molar-refractivity contribution is 0.0500. The summed E-state index contributed by atoms with van der Waals surface area (Å²) in [4.78, 5) is 20.8. The fourth-order valence-corrected chi connectivity index (χ4v) is 4.20. The molecule has 11 heteroatoms. The fraction of sp³-hybridized carbons (Fsp3) is 0.688. The number of nitrogens with zero attached hydrogens (tertiary/aromatic N) is 4. The highest BCUT2D eigenvalue weighted by Crippen LogP contribution is 2.33. The van der Waals surface area contributed by atoms with E-state index in [1.807, 2.05) is 6.26 Å². The summed E-state index contributed by atoms with van der Waals surface area (Å²) in [6, 6.07) is -0.501. The fourth-order valence-electron chi connectivity index (χ4n) is 2.08. The molecule has 0 saturated heterocycles. The van der Waals surface area contributed by atoms with Gasteiger partial charge in [-0.3, -0.25) is 0 Å². The van der Waals surface area contributed by atoms with Gasteiger partial charge in [-0.25, -0.2) is 4.79 Å². The molecule has 27 heavy (non-hydrogen) atoms. The van der Waals surface area contributed by atoms with Crippen LogP contribution in [0.1, 0.15) is 55.5 Å². The van der Waals surface area contributed by atoms with Gasteiger partial charge in [-0.2, -0.15) is 21.7 Å². The van der Waals surface area contributed by atoms with Crippen LogP contribution in [0.5, 0.6) is 0 Å². The summed E-state index contributed by atoms with van der Waals surface area (Å²) >= 11 is 3.24. The molecule has 150 valence electrons. The Balaban J connectivity index is 2.09. The van der Waals surface area contributed by atoms with E-state index in [1.54, 1.807) is 58.1 Å². The lowest BCUT2D eigenvalue weighted by atomic mass is 10.2. The average molecular weight is 416 g/mol. The van der Waals surface area contributed by atoms with Crippen molar-refractivity contribution in [3.8, 4) is 0 Å². The first kappa shape index (κ1) is 21.5. The maximum absolute atomic E-state index is 12.2. The van der Waals surface area contributed by atoms with Gasteiger partial charge < -0.3 is 19.1 Å². The van der Waals surface area contributed by atoms with Crippen molar-refractivity contribution in [1.29, 1.82) is 0 Å². The second kappa shape index (κ2) is 9.45. The molecule has 2 atom stereocenters. The molecule has 0 spiro atoms. The van der Waals surface area contributed by atoms with Crippen LogP contribution >= 0.6 is 23.5 Å². The van der Waals surface area contributed by atoms with Crippen molar-refractivity contribution in [1.82, 2.24) is 25.6 Å². The molecule has 0 saturated carbocycles. The molecular weight excluding hydrogens is 390 g/mol. The van der Waals surface area contributed by atoms with E-state index in [2.05, 4.69) is 25.6 Å². The van der Waals surface area contributed by atoms with Crippen molar-refractivity contribution in [2.75, 3.05) is 17.8 Å². The van der Waals surface area contributed by atoms with Gasteiger partial charge >= 0.3 is 6.09 Å². The minimum absolute atomic E-state index is 0.0202. The third-order valence-corrected chi connectivity index (χ3v) is 5.31. The number of amides is 1. The van der Waals surface area contributed by atoms with Crippen molar-refractivity contribution in [2.24, 2.45) is 0 Å². The zero-order valence-electron chi connectivity index (χ0n) is 16.3. The second-order valence-corrected chi connectivity index (χ2v) is 8.98. The quantitative estimate of drug-likeness (QED) is 0.686. The number of nitrogens with one attached hydrogen (secondary N) is 1. The van der Waals surface area contributed by atoms with E-state index in [0.717, 1.165) is 5.75 Å². The predicted octanol–water partition coefficient (Wildman–Crippen LogP) is 3.47. The zero-order valence-corrected chi connectivity index (χ0v) is 17.9. The van der Waals surface area contributed by atoms with Crippen molar-refractivity contribution in [3.05, 3.63) is 23.4 Å². The van der Waals surface area contributed by atoms with Crippen LogP contribution in [-0.4, -0.2) is 49.7 Å². The van der Waals surface area contributed by atoms with Gasteiger partial charge in [0.15, 0.2) is 11.6 Å². The number of alkyl carbamates (subject to hydrolysis) is 1. The highest BCUT2D eigenvalue weighted by molar-refractivity contribution is 8.02. The van der Waals surface area contributed by atoms with Crippen molar-refractivity contribution in [3.63, 3.8) is 0 Å². The summed E-state index contributed by atoms with van der Waals surface area (Å²) in [5.74, 6) is 3.24. The normalized spacial score (nSPS) is 14.0. The highest BCUT2D eigenvalue weighted by atomic mass is 32.2. The molecule has 2 aromatic rings. The lowest BCUT2D eigenvalue weighted by Crippen LogP contribution is -2.36. The molecule has 9 nitrogen and oxygen atoms in total. The van der Waals surface area contributed by atoms with E-state index >= 15 is 0 Å². The summed E-state index contributed by atoms with van der Waals surface area (Å²) in [5, 5.41) is 10.5. The largest absolute Gasteiger partial charge is 0.444 e. The predicted molar refractivity (Wildman–Crippen MR) is 104 cm³/mol. The zero-order chi connectivity index (χ0) is 20.0. The van der Waals surface area contributed by atoms with Gasteiger partial charge in [0, 0.05) is 11.5 Å². The molecule has 0 radical (unpaired) electrons. The van der Waals surface area contributed by atoms with E-state index in [-0.39, 0.29) is 5.25 Å². The molecule has 1 amide bonds. The molecule has 0 aliphatic rings. The van der Waals surface area contributed by atoms with Crippen LogP contribution in [0.4, 0.5) is 4.79 Å². The van der Waals surface area contributed by atoms with E-state index in [4.69, 9.17) is 13.8 Å². The molecule has 0 aromatic carbocycles. The topological polar surface area (TPSA) is 116 Å². The molecule has 0 unspecified atom stereocenters. The second-order valence-electron chi connectivity index (χ2n) is 6.84.